The SMILES string of the molecule is c1ccc(-c2cc(-c3ccc4ccccc4c3)nc(-c3ccccc3)n2)cc1. The van der Waals surface area contributed by atoms with E-state index >= 15 is 0 Å². The Hall–Kier alpha value is -3.78. The first kappa shape index (κ1) is 16.4. The highest BCUT2D eigenvalue weighted by molar-refractivity contribution is 5.87. The summed E-state index contributed by atoms with van der Waals surface area (Å²) < 4.78 is 0. The molecule has 0 saturated heterocycles. The second-order valence-electron chi connectivity index (χ2n) is 6.76. The molecule has 0 radical (unpaired) electrons. The molecular formula is C26H18N2. The largest absolute Gasteiger partial charge is 0.228 e. The van der Waals surface area contributed by atoms with E-state index in [-0.39, 0.29) is 0 Å². The van der Waals surface area contributed by atoms with Crippen LogP contribution in [0.15, 0.2) is 109 Å². The molecule has 0 bridgehead atoms. The van der Waals surface area contributed by atoms with E-state index in [1.165, 1.54) is 10.8 Å². The summed E-state index contributed by atoms with van der Waals surface area (Å²) in [4.78, 5) is 9.75. The Bertz CT molecular complexity index is 1190. The summed E-state index contributed by atoms with van der Waals surface area (Å²) in [6.07, 6.45) is 0. The van der Waals surface area contributed by atoms with Crippen LogP contribution in [0.3, 0.4) is 0 Å². The van der Waals surface area contributed by atoms with Crippen LogP contribution < -0.4 is 0 Å². The van der Waals surface area contributed by atoms with Crippen LogP contribution in [0.1, 0.15) is 0 Å². The van der Waals surface area contributed by atoms with Gasteiger partial charge in [-0.25, -0.2) is 9.97 Å². The fourth-order valence-corrected chi connectivity index (χ4v) is 3.42. The quantitative estimate of drug-likeness (QED) is 0.362. The number of nitrogens with zero attached hydrogens (tertiary/aromatic N) is 2. The number of aromatic nitrogens is 2. The summed E-state index contributed by atoms with van der Waals surface area (Å²) in [6.45, 7) is 0. The van der Waals surface area contributed by atoms with Gasteiger partial charge < -0.3 is 0 Å². The Morgan fingerprint density at radius 1 is 0.393 bits per heavy atom. The minimum Gasteiger partial charge on any atom is -0.228 e. The molecule has 0 amide bonds. The topological polar surface area (TPSA) is 25.8 Å². The van der Waals surface area contributed by atoms with Crippen LogP contribution in [-0.2, 0) is 0 Å². The minimum absolute atomic E-state index is 0.741. The molecule has 5 aromatic rings. The molecule has 5 rings (SSSR count). The zero-order chi connectivity index (χ0) is 18.8. The van der Waals surface area contributed by atoms with Crippen molar-refractivity contribution in [1.82, 2.24) is 9.97 Å². The molecule has 0 spiro atoms. The average Bonchev–Trinajstić information content (AvgIpc) is 2.79. The smallest absolute Gasteiger partial charge is 0.160 e. The van der Waals surface area contributed by atoms with Crippen molar-refractivity contribution in [3.8, 4) is 33.9 Å². The highest BCUT2D eigenvalue weighted by Gasteiger charge is 2.10. The molecule has 1 aromatic heterocycles. The molecule has 0 atom stereocenters. The molecule has 1 heterocycles. The second-order valence-corrected chi connectivity index (χ2v) is 6.76. The van der Waals surface area contributed by atoms with Crippen LogP contribution in [-0.4, -0.2) is 9.97 Å². The molecule has 0 aliphatic rings. The third kappa shape index (κ3) is 3.17. The first-order valence-electron chi connectivity index (χ1n) is 9.36. The van der Waals surface area contributed by atoms with Crippen molar-refractivity contribution in [2.24, 2.45) is 0 Å². The molecule has 28 heavy (non-hydrogen) atoms. The normalized spacial score (nSPS) is 10.9. The minimum atomic E-state index is 0.741. The zero-order valence-corrected chi connectivity index (χ0v) is 15.3. The van der Waals surface area contributed by atoms with Gasteiger partial charge in [0, 0.05) is 16.7 Å². The lowest BCUT2D eigenvalue weighted by molar-refractivity contribution is 1.18. The van der Waals surface area contributed by atoms with E-state index in [1.807, 2.05) is 48.5 Å². The molecule has 132 valence electrons. The zero-order valence-electron chi connectivity index (χ0n) is 15.3. The Labute approximate surface area is 164 Å². The van der Waals surface area contributed by atoms with E-state index in [4.69, 9.17) is 9.97 Å². The second kappa shape index (κ2) is 7.09. The Balaban J connectivity index is 1.72. The Kier molecular flexibility index (Phi) is 4.15. The molecule has 2 nitrogen and oxygen atoms in total. The maximum atomic E-state index is 4.90. The van der Waals surface area contributed by atoms with Gasteiger partial charge >= 0.3 is 0 Å². The van der Waals surface area contributed by atoms with E-state index in [0.29, 0.717) is 0 Å². The lowest BCUT2D eigenvalue weighted by Gasteiger charge is -2.10. The first-order chi connectivity index (χ1) is 13.9. The van der Waals surface area contributed by atoms with E-state index in [2.05, 4.69) is 60.7 Å². The van der Waals surface area contributed by atoms with Gasteiger partial charge in [0.25, 0.3) is 0 Å². The Morgan fingerprint density at radius 3 is 1.68 bits per heavy atom. The summed E-state index contributed by atoms with van der Waals surface area (Å²) in [5, 5.41) is 2.44. The number of fused-ring (bicyclic) bond motifs is 1. The van der Waals surface area contributed by atoms with Crippen molar-refractivity contribution in [2.75, 3.05) is 0 Å². The summed E-state index contributed by atoms with van der Waals surface area (Å²) in [5.41, 5.74) is 5.05. The van der Waals surface area contributed by atoms with Crippen LogP contribution >= 0.6 is 0 Å². The van der Waals surface area contributed by atoms with Crippen molar-refractivity contribution in [3.05, 3.63) is 109 Å². The summed E-state index contributed by atoms with van der Waals surface area (Å²) in [5.74, 6) is 0.741. The Morgan fingerprint density at radius 2 is 0.964 bits per heavy atom. The van der Waals surface area contributed by atoms with Gasteiger partial charge in [0.2, 0.25) is 0 Å². The van der Waals surface area contributed by atoms with Crippen LogP contribution in [0, 0.1) is 0 Å². The standard InChI is InChI=1S/C26H18N2/c1-3-10-20(11-4-1)24-18-25(28-26(27-24)21-12-5-2-6-13-21)23-16-15-19-9-7-8-14-22(19)17-23/h1-18H. The maximum absolute atomic E-state index is 4.90. The van der Waals surface area contributed by atoms with Crippen molar-refractivity contribution >= 4 is 10.8 Å². The predicted octanol–water partition coefficient (Wildman–Crippen LogP) is 6.63. The molecule has 2 heteroatoms. The first-order valence-corrected chi connectivity index (χ1v) is 9.36. The summed E-state index contributed by atoms with van der Waals surface area (Å²) >= 11 is 0. The van der Waals surface area contributed by atoms with Crippen molar-refractivity contribution in [1.29, 1.82) is 0 Å². The van der Waals surface area contributed by atoms with Gasteiger partial charge in [-0.1, -0.05) is 97.1 Å². The number of benzene rings is 4. The van der Waals surface area contributed by atoms with Gasteiger partial charge in [-0.05, 0) is 22.9 Å². The lowest BCUT2D eigenvalue weighted by atomic mass is 10.0. The van der Waals surface area contributed by atoms with Gasteiger partial charge in [0.15, 0.2) is 5.82 Å². The van der Waals surface area contributed by atoms with Crippen molar-refractivity contribution in [3.63, 3.8) is 0 Å². The van der Waals surface area contributed by atoms with Crippen LogP contribution in [0.4, 0.5) is 0 Å². The van der Waals surface area contributed by atoms with Gasteiger partial charge in [-0.15, -0.1) is 0 Å². The number of hydrogen-bond donors (Lipinski definition) is 0. The van der Waals surface area contributed by atoms with E-state index < -0.39 is 0 Å². The average molecular weight is 358 g/mol. The molecular weight excluding hydrogens is 340 g/mol. The van der Waals surface area contributed by atoms with Crippen LogP contribution in [0.25, 0.3) is 44.7 Å². The highest BCUT2D eigenvalue weighted by Crippen LogP contribution is 2.29. The summed E-state index contributed by atoms with van der Waals surface area (Å²) in [7, 11) is 0. The van der Waals surface area contributed by atoms with Gasteiger partial charge in [0.05, 0.1) is 11.4 Å². The lowest BCUT2D eigenvalue weighted by Crippen LogP contribution is -1.95. The molecule has 4 aromatic carbocycles. The maximum Gasteiger partial charge on any atom is 0.160 e. The molecule has 0 unspecified atom stereocenters. The molecule has 0 N–H and O–H groups in total. The molecule has 0 saturated carbocycles. The highest BCUT2D eigenvalue weighted by atomic mass is 14.9. The monoisotopic (exact) mass is 358 g/mol. The number of rotatable bonds is 3. The molecule has 0 fully saturated rings. The van der Waals surface area contributed by atoms with E-state index in [9.17, 15) is 0 Å². The number of hydrogen-bond acceptors (Lipinski definition) is 2. The molecule has 0 aliphatic carbocycles. The predicted molar refractivity (Wildman–Crippen MR) is 116 cm³/mol. The third-order valence-corrected chi connectivity index (χ3v) is 4.87. The fraction of sp³-hybridized carbons (Fsp3) is 0. The summed E-state index contributed by atoms with van der Waals surface area (Å²) in [6, 6.07) is 37.4. The third-order valence-electron chi connectivity index (χ3n) is 4.87. The van der Waals surface area contributed by atoms with Gasteiger partial charge in [-0.2, -0.15) is 0 Å². The van der Waals surface area contributed by atoms with Crippen molar-refractivity contribution < 1.29 is 0 Å². The van der Waals surface area contributed by atoms with Gasteiger partial charge in [-0.3, -0.25) is 0 Å². The van der Waals surface area contributed by atoms with Gasteiger partial charge in [0.1, 0.15) is 0 Å². The van der Waals surface area contributed by atoms with Crippen molar-refractivity contribution in [2.45, 2.75) is 0 Å². The molecule has 0 aliphatic heterocycles. The fourth-order valence-electron chi connectivity index (χ4n) is 3.42. The van der Waals surface area contributed by atoms with E-state index in [0.717, 1.165) is 33.9 Å². The van der Waals surface area contributed by atoms with E-state index in [1.54, 1.807) is 0 Å². The van der Waals surface area contributed by atoms with Crippen LogP contribution in [0.5, 0.6) is 0 Å². The van der Waals surface area contributed by atoms with Crippen LogP contribution in [0.2, 0.25) is 0 Å².